The minimum absolute atomic E-state index is 0.0426. The lowest BCUT2D eigenvalue weighted by atomic mass is 9.97. The van der Waals surface area contributed by atoms with Crippen molar-refractivity contribution in [2.45, 2.75) is 38.0 Å². The van der Waals surface area contributed by atoms with Crippen LogP contribution in [0.5, 0.6) is 5.75 Å². The van der Waals surface area contributed by atoms with E-state index in [1.54, 1.807) is 12.1 Å². The first kappa shape index (κ1) is 19.8. The Morgan fingerprint density at radius 3 is 2.46 bits per heavy atom. The number of nitrogens with one attached hydrogen (secondary N) is 2. The van der Waals surface area contributed by atoms with Gasteiger partial charge < -0.3 is 10.1 Å². The molecule has 0 spiro atoms. The van der Waals surface area contributed by atoms with Gasteiger partial charge in [0.2, 0.25) is 5.91 Å². The van der Waals surface area contributed by atoms with Crippen LogP contribution in [-0.2, 0) is 14.8 Å². The van der Waals surface area contributed by atoms with Gasteiger partial charge in [0, 0.05) is 6.92 Å². The Morgan fingerprint density at radius 2 is 1.85 bits per heavy atom. The molecule has 7 heteroatoms. The molecule has 0 unspecified atom stereocenters. The number of rotatable bonds is 7. The van der Waals surface area contributed by atoms with Crippen LogP contribution in [0, 0.1) is 0 Å². The number of anilines is 2. The smallest absolute Gasteiger partial charge is 0.261 e. The third kappa shape index (κ3) is 4.54. The van der Waals surface area contributed by atoms with Gasteiger partial charge >= 0.3 is 0 Å². The standard InChI is InChI=1S/C19H24N2O4S/c1-5-13(2)16-8-6-7-9-17(16)21-26(23,24)15-10-11-19(25-4)18(12-15)20-14(3)22/h6-13,21H,5H2,1-4H3,(H,20,22)/t13-/m1/s1. The summed E-state index contributed by atoms with van der Waals surface area (Å²) < 4.78 is 33.5. The van der Waals surface area contributed by atoms with E-state index in [0.29, 0.717) is 17.1 Å². The zero-order valence-corrected chi connectivity index (χ0v) is 16.2. The summed E-state index contributed by atoms with van der Waals surface area (Å²) in [5.74, 6) is 0.298. The largest absolute Gasteiger partial charge is 0.495 e. The Morgan fingerprint density at radius 1 is 1.15 bits per heavy atom. The molecule has 1 amide bonds. The Kier molecular flexibility index (Phi) is 6.26. The third-order valence-electron chi connectivity index (χ3n) is 4.14. The Bertz CT molecular complexity index is 894. The fourth-order valence-electron chi connectivity index (χ4n) is 2.58. The second kappa shape index (κ2) is 8.23. The first-order chi connectivity index (χ1) is 12.3. The second-order valence-corrected chi connectivity index (χ2v) is 7.73. The molecule has 2 N–H and O–H groups in total. The zero-order valence-electron chi connectivity index (χ0n) is 15.4. The summed E-state index contributed by atoms with van der Waals surface area (Å²) in [5, 5.41) is 2.58. The fourth-order valence-corrected chi connectivity index (χ4v) is 3.70. The van der Waals surface area contributed by atoms with Crippen LogP contribution < -0.4 is 14.8 Å². The van der Waals surface area contributed by atoms with Crippen molar-refractivity contribution < 1.29 is 17.9 Å². The summed E-state index contributed by atoms with van der Waals surface area (Å²) in [6, 6.07) is 11.7. The molecule has 0 saturated carbocycles. The maximum atomic E-state index is 12.8. The molecule has 140 valence electrons. The summed E-state index contributed by atoms with van der Waals surface area (Å²) in [5.41, 5.74) is 1.80. The number of carbonyl (C=O) groups is 1. The summed E-state index contributed by atoms with van der Waals surface area (Å²) >= 11 is 0. The molecule has 1 atom stereocenters. The predicted octanol–water partition coefficient (Wildman–Crippen LogP) is 3.97. The van der Waals surface area contributed by atoms with Crippen LogP contribution in [0.3, 0.4) is 0 Å². The Balaban J connectivity index is 2.41. The third-order valence-corrected chi connectivity index (χ3v) is 5.50. The minimum atomic E-state index is -3.82. The number of benzene rings is 2. The van der Waals surface area contributed by atoms with Gasteiger partial charge in [0.25, 0.3) is 10.0 Å². The molecule has 26 heavy (non-hydrogen) atoms. The van der Waals surface area contributed by atoms with E-state index in [1.165, 1.54) is 32.2 Å². The van der Waals surface area contributed by atoms with E-state index in [-0.39, 0.29) is 16.7 Å². The first-order valence-electron chi connectivity index (χ1n) is 8.35. The highest BCUT2D eigenvalue weighted by atomic mass is 32.2. The minimum Gasteiger partial charge on any atom is -0.495 e. The van der Waals surface area contributed by atoms with E-state index in [0.717, 1.165) is 12.0 Å². The molecule has 0 saturated heterocycles. The van der Waals surface area contributed by atoms with Crippen LogP contribution in [0.25, 0.3) is 0 Å². The lowest BCUT2D eigenvalue weighted by Gasteiger charge is -2.17. The maximum absolute atomic E-state index is 12.8. The average Bonchev–Trinajstić information content (AvgIpc) is 2.60. The van der Waals surface area contributed by atoms with Crippen molar-refractivity contribution in [3.63, 3.8) is 0 Å². The zero-order chi connectivity index (χ0) is 19.3. The van der Waals surface area contributed by atoms with Gasteiger partial charge in [-0.05, 0) is 42.2 Å². The van der Waals surface area contributed by atoms with Crippen molar-refractivity contribution in [2.75, 3.05) is 17.1 Å². The quantitative estimate of drug-likeness (QED) is 0.766. The van der Waals surface area contributed by atoms with Gasteiger partial charge in [-0.3, -0.25) is 9.52 Å². The fraction of sp³-hybridized carbons (Fsp3) is 0.316. The molecule has 6 nitrogen and oxygen atoms in total. The summed E-state index contributed by atoms with van der Waals surface area (Å²) in [6.45, 7) is 5.45. The van der Waals surface area contributed by atoms with Crippen LogP contribution in [0.2, 0.25) is 0 Å². The van der Waals surface area contributed by atoms with Crippen molar-refractivity contribution in [3.8, 4) is 5.75 Å². The number of hydrogen-bond donors (Lipinski definition) is 2. The highest BCUT2D eigenvalue weighted by molar-refractivity contribution is 7.92. The SMILES string of the molecule is CC[C@@H](C)c1ccccc1NS(=O)(=O)c1ccc(OC)c(NC(C)=O)c1. The van der Waals surface area contributed by atoms with Gasteiger partial charge in [-0.15, -0.1) is 0 Å². The number of sulfonamides is 1. The lowest BCUT2D eigenvalue weighted by Crippen LogP contribution is -2.16. The monoisotopic (exact) mass is 376 g/mol. The molecule has 0 aliphatic carbocycles. The van der Waals surface area contributed by atoms with Crippen LogP contribution in [0.4, 0.5) is 11.4 Å². The number of carbonyl (C=O) groups excluding carboxylic acids is 1. The van der Waals surface area contributed by atoms with Crippen LogP contribution in [-0.4, -0.2) is 21.4 Å². The van der Waals surface area contributed by atoms with E-state index in [1.807, 2.05) is 12.1 Å². The molecule has 0 fully saturated rings. The van der Waals surface area contributed by atoms with Crippen molar-refractivity contribution in [2.24, 2.45) is 0 Å². The second-order valence-electron chi connectivity index (χ2n) is 6.05. The van der Waals surface area contributed by atoms with Crippen molar-refractivity contribution in [1.29, 1.82) is 0 Å². The van der Waals surface area contributed by atoms with Gasteiger partial charge in [0.1, 0.15) is 5.75 Å². The van der Waals surface area contributed by atoms with E-state index in [9.17, 15) is 13.2 Å². The number of para-hydroxylation sites is 1. The normalized spacial score (nSPS) is 12.3. The maximum Gasteiger partial charge on any atom is 0.261 e. The molecular formula is C19H24N2O4S. The Labute approximate surface area is 154 Å². The summed E-state index contributed by atoms with van der Waals surface area (Å²) in [4.78, 5) is 11.4. The molecule has 0 aliphatic heterocycles. The van der Waals surface area contributed by atoms with E-state index < -0.39 is 10.0 Å². The number of ether oxygens (including phenoxy) is 1. The summed E-state index contributed by atoms with van der Waals surface area (Å²) in [6.07, 6.45) is 0.897. The summed E-state index contributed by atoms with van der Waals surface area (Å²) in [7, 11) is -2.36. The van der Waals surface area contributed by atoms with Crippen LogP contribution in [0.15, 0.2) is 47.4 Å². The van der Waals surface area contributed by atoms with E-state index >= 15 is 0 Å². The van der Waals surface area contributed by atoms with Crippen molar-refractivity contribution in [1.82, 2.24) is 0 Å². The Hall–Kier alpha value is -2.54. The molecule has 2 rings (SSSR count). The predicted molar refractivity (Wildman–Crippen MR) is 103 cm³/mol. The van der Waals surface area contributed by atoms with Gasteiger partial charge in [-0.1, -0.05) is 32.0 Å². The number of amides is 1. The van der Waals surface area contributed by atoms with Crippen LogP contribution in [0.1, 0.15) is 38.7 Å². The highest BCUT2D eigenvalue weighted by Gasteiger charge is 2.19. The highest BCUT2D eigenvalue weighted by Crippen LogP contribution is 2.31. The van der Waals surface area contributed by atoms with Crippen molar-refractivity contribution in [3.05, 3.63) is 48.0 Å². The van der Waals surface area contributed by atoms with E-state index in [4.69, 9.17) is 4.74 Å². The molecule has 0 aromatic heterocycles. The first-order valence-corrected chi connectivity index (χ1v) is 9.84. The van der Waals surface area contributed by atoms with Crippen molar-refractivity contribution >= 4 is 27.3 Å². The molecule has 0 radical (unpaired) electrons. The van der Waals surface area contributed by atoms with E-state index in [2.05, 4.69) is 23.9 Å². The van der Waals surface area contributed by atoms with Gasteiger partial charge in [0.15, 0.2) is 0 Å². The molecule has 2 aromatic carbocycles. The number of methoxy groups -OCH3 is 1. The molecule has 0 heterocycles. The van der Waals surface area contributed by atoms with Gasteiger partial charge in [-0.25, -0.2) is 8.42 Å². The van der Waals surface area contributed by atoms with Crippen LogP contribution >= 0.6 is 0 Å². The molecular weight excluding hydrogens is 352 g/mol. The topological polar surface area (TPSA) is 84.5 Å². The number of hydrogen-bond acceptors (Lipinski definition) is 4. The van der Waals surface area contributed by atoms with Gasteiger partial charge in [-0.2, -0.15) is 0 Å². The average molecular weight is 376 g/mol. The molecule has 0 bridgehead atoms. The lowest BCUT2D eigenvalue weighted by molar-refractivity contribution is -0.114. The molecule has 0 aliphatic rings. The van der Waals surface area contributed by atoms with Gasteiger partial charge in [0.05, 0.1) is 23.4 Å². The molecule has 2 aromatic rings.